The summed E-state index contributed by atoms with van der Waals surface area (Å²) < 4.78 is 0. The number of nitrogens with one attached hydrogen (secondary N) is 3. The van der Waals surface area contributed by atoms with Crippen LogP contribution in [0.2, 0.25) is 0 Å². The Balaban J connectivity index is 1.53. The van der Waals surface area contributed by atoms with Crippen LogP contribution >= 0.6 is 0 Å². The van der Waals surface area contributed by atoms with Crippen LogP contribution in [0.15, 0.2) is 30.3 Å². The topological polar surface area (TPSA) is 86.9 Å². The van der Waals surface area contributed by atoms with Gasteiger partial charge in [0.05, 0.1) is 12.2 Å². The highest BCUT2D eigenvalue weighted by Crippen LogP contribution is 2.27. The highest BCUT2D eigenvalue weighted by molar-refractivity contribution is 5.96. The van der Waals surface area contributed by atoms with E-state index < -0.39 is 0 Å². The molecule has 1 fully saturated rings. The first-order valence-corrected chi connectivity index (χ1v) is 7.82. The number of hydrogen-bond donors (Lipinski definition) is 3. The van der Waals surface area contributed by atoms with Crippen molar-refractivity contribution in [1.82, 2.24) is 15.5 Å². The first kappa shape index (κ1) is 15.3. The first-order valence-electron chi connectivity index (χ1n) is 7.82. The van der Waals surface area contributed by atoms with Gasteiger partial charge in [-0.15, -0.1) is 0 Å². The zero-order valence-corrected chi connectivity index (χ0v) is 13.1. The van der Waals surface area contributed by atoms with Crippen LogP contribution in [0, 0.1) is 12.8 Å². The van der Waals surface area contributed by atoms with Gasteiger partial charge < -0.3 is 10.6 Å². The van der Waals surface area contributed by atoms with Gasteiger partial charge in [-0.05, 0) is 50.1 Å². The van der Waals surface area contributed by atoms with Crippen LogP contribution in [0.3, 0.4) is 0 Å². The van der Waals surface area contributed by atoms with Gasteiger partial charge in [-0.3, -0.25) is 14.7 Å². The number of aromatic nitrogens is 2. The van der Waals surface area contributed by atoms with Crippen molar-refractivity contribution in [1.29, 1.82) is 0 Å². The van der Waals surface area contributed by atoms with Crippen LogP contribution in [-0.2, 0) is 11.3 Å². The van der Waals surface area contributed by atoms with Crippen molar-refractivity contribution >= 4 is 17.5 Å². The number of nitrogens with zero attached hydrogens (tertiary/aromatic N) is 1. The number of H-pyrrole nitrogens is 1. The smallest absolute Gasteiger partial charge is 0.251 e. The minimum Gasteiger partial charge on any atom is -0.346 e. The quantitative estimate of drug-likeness (QED) is 0.792. The van der Waals surface area contributed by atoms with Crippen molar-refractivity contribution in [2.45, 2.75) is 32.7 Å². The molecule has 1 aromatic heterocycles. The number of rotatable bonds is 5. The third-order valence-corrected chi connectivity index (χ3v) is 4.08. The van der Waals surface area contributed by atoms with Gasteiger partial charge in [-0.25, -0.2) is 0 Å². The number of aromatic amines is 1. The molecule has 1 saturated carbocycles. The molecular formula is C17H20N4O2. The second kappa shape index (κ2) is 6.64. The molecule has 3 rings (SSSR count). The summed E-state index contributed by atoms with van der Waals surface area (Å²) in [7, 11) is 0. The molecule has 0 unspecified atom stereocenters. The van der Waals surface area contributed by atoms with E-state index in [1.54, 1.807) is 24.3 Å². The molecule has 3 N–H and O–H groups in total. The van der Waals surface area contributed by atoms with Gasteiger partial charge in [-0.1, -0.05) is 6.42 Å². The van der Waals surface area contributed by atoms with Crippen LogP contribution in [-0.4, -0.2) is 22.0 Å². The lowest BCUT2D eigenvalue weighted by molar-refractivity contribution is -0.122. The van der Waals surface area contributed by atoms with Crippen molar-refractivity contribution in [2.75, 3.05) is 5.32 Å². The van der Waals surface area contributed by atoms with Crippen LogP contribution < -0.4 is 10.6 Å². The summed E-state index contributed by atoms with van der Waals surface area (Å²) in [5, 5.41) is 12.6. The van der Waals surface area contributed by atoms with E-state index >= 15 is 0 Å². The second-order valence-corrected chi connectivity index (χ2v) is 5.92. The number of anilines is 1. The number of hydrogen-bond acceptors (Lipinski definition) is 3. The molecule has 0 spiro atoms. The average molecular weight is 312 g/mol. The van der Waals surface area contributed by atoms with E-state index in [4.69, 9.17) is 0 Å². The third kappa shape index (κ3) is 3.77. The molecule has 2 amide bonds. The zero-order chi connectivity index (χ0) is 16.2. The van der Waals surface area contributed by atoms with Gasteiger partial charge in [0.1, 0.15) is 0 Å². The highest BCUT2D eigenvalue weighted by Gasteiger charge is 2.25. The minimum absolute atomic E-state index is 0.0716. The molecule has 6 nitrogen and oxygen atoms in total. The zero-order valence-electron chi connectivity index (χ0n) is 13.1. The lowest BCUT2D eigenvalue weighted by Gasteiger charge is -2.24. The molecule has 0 aliphatic heterocycles. The summed E-state index contributed by atoms with van der Waals surface area (Å²) in [6.07, 6.45) is 3.07. The molecule has 23 heavy (non-hydrogen) atoms. The predicted octanol–water partition coefficient (Wildman–Crippen LogP) is 2.39. The van der Waals surface area contributed by atoms with Gasteiger partial charge in [0.2, 0.25) is 5.91 Å². The molecular weight excluding hydrogens is 292 g/mol. The molecule has 1 aliphatic rings. The van der Waals surface area contributed by atoms with Gasteiger partial charge in [-0.2, -0.15) is 5.10 Å². The second-order valence-electron chi connectivity index (χ2n) is 5.92. The number of carbonyl (C=O) groups is 2. The molecule has 120 valence electrons. The van der Waals surface area contributed by atoms with E-state index in [0.29, 0.717) is 12.1 Å². The molecule has 0 saturated heterocycles. The maximum absolute atomic E-state index is 12.1. The molecule has 0 bridgehead atoms. The fraction of sp³-hybridized carbons (Fsp3) is 0.353. The van der Waals surface area contributed by atoms with E-state index in [9.17, 15) is 9.59 Å². The molecule has 1 aliphatic carbocycles. The maximum atomic E-state index is 12.1. The van der Waals surface area contributed by atoms with E-state index in [-0.39, 0.29) is 17.7 Å². The lowest BCUT2D eigenvalue weighted by atomic mass is 9.85. The number of carbonyl (C=O) groups excluding carboxylic acids is 2. The Labute approximate surface area is 134 Å². The van der Waals surface area contributed by atoms with Crippen molar-refractivity contribution in [3.05, 3.63) is 47.3 Å². The maximum Gasteiger partial charge on any atom is 0.251 e. The Morgan fingerprint density at radius 1 is 1.26 bits per heavy atom. The molecule has 1 heterocycles. The van der Waals surface area contributed by atoms with Gasteiger partial charge in [0.25, 0.3) is 5.91 Å². The van der Waals surface area contributed by atoms with Crippen molar-refractivity contribution in [3.63, 3.8) is 0 Å². The molecule has 2 aromatic rings. The largest absolute Gasteiger partial charge is 0.346 e. The summed E-state index contributed by atoms with van der Waals surface area (Å²) in [5.41, 5.74) is 3.03. The fourth-order valence-corrected chi connectivity index (χ4v) is 2.46. The standard InChI is InChI=1S/C17H20N4O2/c1-11-9-15(21-20-11)10-18-16(22)13-5-7-14(8-6-13)19-17(23)12-3-2-4-12/h5-9,12H,2-4,10H2,1H3,(H,18,22)(H,19,23)(H,20,21). The van der Waals surface area contributed by atoms with Gasteiger partial charge >= 0.3 is 0 Å². The van der Waals surface area contributed by atoms with Gasteiger partial charge in [0, 0.05) is 22.9 Å². The normalized spacial score (nSPS) is 14.1. The van der Waals surface area contributed by atoms with Crippen LogP contribution in [0.25, 0.3) is 0 Å². The monoisotopic (exact) mass is 312 g/mol. The minimum atomic E-state index is -0.164. The summed E-state index contributed by atoms with van der Waals surface area (Å²) in [6, 6.07) is 8.82. The Hall–Kier alpha value is -2.63. The Kier molecular flexibility index (Phi) is 4.41. The summed E-state index contributed by atoms with van der Waals surface area (Å²) in [4.78, 5) is 24.0. The summed E-state index contributed by atoms with van der Waals surface area (Å²) in [5.74, 6) is 0.0557. The van der Waals surface area contributed by atoms with E-state index in [2.05, 4.69) is 20.8 Å². The van der Waals surface area contributed by atoms with Crippen molar-refractivity contribution in [2.24, 2.45) is 5.92 Å². The van der Waals surface area contributed by atoms with E-state index in [1.807, 2.05) is 13.0 Å². The summed E-state index contributed by atoms with van der Waals surface area (Å²) >= 11 is 0. The third-order valence-electron chi connectivity index (χ3n) is 4.08. The molecule has 6 heteroatoms. The number of amides is 2. The lowest BCUT2D eigenvalue weighted by Crippen LogP contribution is -2.28. The predicted molar refractivity (Wildman–Crippen MR) is 86.9 cm³/mol. The Morgan fingerprint density at radius 2 is 2.00 bits per heavy atom. The van der Waals surface area contributed by atoms with Crippen LogP contribution in [0.4, 0.5) is 5.69 Å². The first-order chi connectivity index (χ1) is 11.1. The SMILES string of the molecule is Cc1cc(CNC(=O)c2ccc(NC(=O)C3CCC3)cc2)n[nH]1. The molecule has 0 atom stereocenters. The number of benzene rings is 1. The highest BCUT2D eigenvalue weighted by atomic mass is 16.2. The van der Waals surface area contributed by atoms with Gasteiger partial charge in [0.15, 0.2) is 0 Å². The molecule has 0 radical (unpaired) electrons. The average Bonchev–Trinajstić information content (AvgIpc) is 2.89. The van der Waals surface area contributed by atoms with Crippen LogP contribution in [0.5, 0.6) is 0 Å². The van der Waals surface area contributed by atoms with E-state index in [1.165, 1.54) is 0 Å². The van der Waals surface area contributed by atoms with Crippen molar-refractivity contribution in [3.8, 4) is 0 Å². The number of aryl methyl sites for hydroxylation is 1. The Bertz CT molecular complexity index is 702. The summed E-state index contributed by atoms with van der Waals surface area (Å²) in [6.45, 7) is 2.29. The fourth-order valence-electron chi connectivity index (χ4n) is 2.46. The van der Waals surface area contributed by atoms with E-state index in [0.717, 1.165) is 36.3 Å². The van der Waals surface area contributed by atoms with Crippen molar-refractivity contribution < 1.29 is 9.59 Å². The Morgan fingerprint density at radius 3 is 2.57 bits per heavy atom. The molecule has 1 aromatic carbocycles. The van der Waals surface area contributed by atoms with Crippen LogP contribution in [0.1, 0.15) is 41.0 Å².